The number of benzene rings is 1. The van der Waals surface area contributed by atoms with E-state index in [9.17, 15) is 9.59 Å². The Morgan fingerprint density at radius 1 is 1.06 bits per heavy atom. The third-order valence-electron chi connectivity index (χ3n) is 4.99. The van der Waals surface area contributed by atoms with Gasteiger partial charge in [0.2, 0.25) is 0 Å². The Balaban J connectivity index is 1.39. The Labute approximate surface area is 186 Å². The van der Waals surface area contributed by atoms with Crippen molar-refractivity contribution in [3.05, 3.63) is 77.4 Å². The smallest absolute Gasteiger partial charge is 0.270 e. The summed E-state index contributed by atoms with van der Waals surface area (Å²) in [5.41, 5.74) is 7.70. The monoisotopic (exact) mass is 430 g/mol. The van der Waals surface area contributed by atoms with Gasteiger partial charge in [0, 0.05) is 36.4 Å². The lowest BCUT2D eigenvalue weighted by molar-refractivity contribution is 0.0937. The molecule has 3 heterocycles. The highest BCUT2D eigenvalue weighted by Gasteiger charge is 2.17. The van der Waals surface area contributed by atoms with Crippen LogP contribution in [0.1, 0.15) is 40.5 Å². The molecule has 32 heavy (non-hydrogen) atoms. The number of carbonyl (C=O) groups is 2. The predicted octanol–water partition coefficient (Wildman–Crippen LogP) is 2.71. The molecule has 2 amide bonds. The number of nitrogens with zero attached hydrogens (tertiary/aromatic N) is 3. The molecule has 1 aromatic carbocycles. The summed E-state index contributed by atoms with van der Waals surface area (Å²) < 4.78 is 0. The van der Waals surface area contributed by atoms with Crippen LogP contribution in [0, 0.1) is 6.92 Å². The second kappa shape index (κ2) is 9.15. The molecule has 8 nitrogen and oxygen atoms in total. The number of amides is 2. The fourth-order valence-corrected chi connectivity index (χ4v) is 3.41. The highest BCUT2D eigenvalue weighted by Crippen LogP contribution is 2.22. The third kappa shape index (κ3) is 4.92. The van der Waals surface area contributed by atoms with Crippen LogP contribution in [0.25, 0.3) is 10.9 Å². The van der Waals surface area contributed by atoms with Crippen molar-refractivity contribution >= 4 is 28.4 Å². The molecule has 164 valence electrons. The van der Waals surface area contributed by atoms with E-state index >= 15 is 0 Å². The van der Waals surface area contributed by atoms with E-state index in [1.165, 1.54) is 0 Å². The SMILES string of the molecule is Cc1ccc2cc(N3C=C(CNC(=O)c4cccc(C(=O)NC(C)C)n4)CN3)ccc2n1. The number of pyridine rings is 2. The summed E-state index contributed by atoms with van der Waals surface area (Å²) >= 11 is 0. The first-order chi connectivity index (χ1) is 15.4. The Kier molecular flexibility index (Phi) is 6.13. The van der Waals surface area contributed by atoms with Crippen LogP contribution in [-0.2, 0) is 0 Å². The maximum absolute atomic E-state index is 12.6. The molecule has 0 atom stereocenters. The molecule has 0 aliphatic carbocycles. The first kappa shape index (κ1) is 21.5. The first-order valence-corrected chi connectivity index (χ1v) is 10.5. The van der Waals surface area contributed by atoms with Crippen LogP contribution < -0.4 is 21.1 Å². The number of rotatable bonds is 6. The fourth-order valence-electron chi connectivity index (χ4n) is 3.41. The van der Waals surface area contributed by atoms with Gasteiger partial charge in [0.05, 0.1) is 11.2 Å². The maximum atomic E-state index is 12.6. The molecule has 4 rings (SSSR count). The van der Waals surface area contributed by atoms with Crippen molar-refractivity contribution < 1.29 is 9.59 Å². The van der Waals surface area contributed by atoms with Gasteiger partial charge in [0.1, 0.15) is 11.4 Å². The van der Waals surface area contributed by atoms with Gasteiger partial charge in [-0.1, -0.05) is 12.1 Å². The lowest BCUT2D eigenvalue weighted by atomic mass is 10.2. The van der Waals surface area contributed by atoms with Gasteiger partial charge in [-0.2, -0.15) is 0 Å². The molecule has 0 unspecified atom stereocenters. The van der Waals surface area contributed by atoms with Gasteiger partial charge in [-0.25, -0.2) is 10.4 Å². The average molecular weight is 431 g/mol. The second-order valence-electron chi connectivity index (χ2n) is 8.04. The molecule has 0 saturated heterocycles. The van der Waals surface area contributed by atoms with Crippen molar-refractivity contribution in [3.63, 3.8) is 0 Å². The largest absolute Gasteiger partial charge is 0.349 e. The molecular formula is C24H26N6O2. The van der Waals surface area contributed by atoms with Gasteiger partial charge in [0.15, 0.2) is 0 Å². The van der Waals surface area contributed by atoms with E-state index in [-0.39, 0.29) is 29.2 Å². The second-order valence-corrected chi connectivity index (χ2v) is 8.04. The van der Waals surface area contributed by atoms with Crippen LogP contribution in [0.5, 0.6) is 0 Å². The van der Waals surface area contributed by atoms with Crippen LogP contribution in [0.4, 0.5) is 5.69 Å². The molecule has 0 radical (unpaired) electrons. The fraction of sp³-hybridized carbons (Fsp3) is 0.250. The molecule has 0 fully saturated rings. The maximum Gasteiger partial charge on any atom is 0.270 e. The lowest BCUT2D eigenvalue weighted by Crippen LogP contribution is -2.32. The molecule has 1 aliphatic rings. The van der Waals surface area contributed by atoms with Crippen molar-refractivity contribution in [1.29, 1.82) is 0 Å². The van der Waals surface area contributed by atoms with Gasteiger partial charge in [-0.3, -0.25) is 19.6 Å². The van der Waals surface area contributed by atoms with Crippen molar-refractivity contribution in [2.75, 3.05) is 18.1 Å². The summed E-state index contributed by atoms with van der Waals surface area (Å²) in [6.45, 7) is 6.72. The molecule has 0 spiro atoms. The van der Waals surface area contributed by atoms with Crippen LogP contribution in [0.2, 0.25) is 0 Å². The molecule has 3 N–H and O–H groups in total. The Hall–Kier alpha value is -3.78. The molecule has 1 aliphatic heterocycles. The van der Waals surface area contributed by atoms with E-state index < -0.39 is 0 Å². The minimum absolute atomic E-state index is 0.00508. The molecule has 2 aromatic heterocycles. The normalized spacial score (nSPS) is 13.4. The molecule has 0 saturated carbocycles. The van der Waals surface area contributed by atoms with E-state index in [4.69, 9.17) is 0 Å². The summed E-state index contributed by atoms with van der Waals surface area (Å²) in [4.78, 5) is 33.4. The summed E-state index contributed by atoms with van der Waals surface area (Å²) in [6.07, 6.45) is 1.98. The number of aryl methyl sites for hydroxylation is 1. The number of aromatic nitrogens is 2. The van der Waals surface area contributed by atoms with E-state index in [2.05, 4.69) is 38.2 Å². The molecule has 0 bridgehead atoms. The van der Waals surface area contributed by atoms with Crippen molar-refractivity contribution in [2.24, 2.45) is 0 Å². The van der Waals surface area contributed by atoms with Crippen molar-refractivity contribution in [1.82, 2.24) is 26.0 Å². The average Bonchev–Trinajstić information content (AvgIpc) is 3.26. The highest BCUT2D eigenvalue weighted by atomic mass is 16.2. The van der Waals surface area contributed by atoms with Gasteiger partial charge in [-0.15, -0.1) is 0 Å². The summed E-state index contributed by atoms with van der Waals surface area (Å²) in [5.74, 6) is -0.621. The Morgan fingerprint density at radius 3 is 2.62 bits per heavy atom. The van der Waals surface area contributed by atoms with E-state index in [0.29, 0.717) is 13.1 Å². The zero-order valence-electron chi connectivity index (χ0n) is 18.3. The van der Waals surface area contributed by atoms with Crippen LogP contribution in [0.15, 0.2) is 60.3 Å². The minimum atomic E-state index is -0.323. The van der Waals surface area contributed by atoms with Gasteiger partial charge >= 0.3 is 0 Å². The standard InChI is InChI=1S/C24H26N6O2/c1-15(2)27-24(32)22-6-4-5-21(29-22)23(31)25-12-17-13-26-30(14-17)19-9-10-20-18(11-19)8-7-16(3)28-20/h4-11,14-15,26H,12-13H2,1-3H3,(H,25,31)(H,27,32). The number of hydrogen-bond donors (Lipinski definition) is 3. The van der Waals surface area contributed by atoms with Crippen LogP contribution >= 0.6 is 0 Å². The highest BCUT2D eigenvalue weighted by molar-refractivity contribution is 5.96. The number of carbonyl (C=O) groups excluding carboxylic acids is 2. The topological polar surface area (TPSA) is 99.3 Å². The number of hydrazine groups is 1. The minimum Gasteiger partial charge on any atom is -0.349 e. The lowest BCUT2D eigenvalue weighted by Gasteiger charge is -2.16. The quantitative estimate of drug-likeness (QED) is 0.556. The zero-order chi connectivity index (χ0) is 22.7. The third-order valence-corrected chi connectivity index (χ3v) is 4.99. The van der Waals surface area contributed by atoms with E-state index in [0.717, 1.165) is 27.9 Å². The molecule has 8 heteroatoms. The molecular weight excluding hydrogens is 404 g/mol. The van der Waals surface area contributed by atoms with Crippen LogP contribution in [0.3, 0.4) is 0 Å². The Bertz CT molecular complexity index is 1200. The predicted molar refractivity (Wildman–Crippen MR) is 124 cm³/mol. The number of anilines is 1. The van der Waals surface area contributed by atoms with Crippen molar-refractivity contribution in [2.45, 2.75) is 26.8 Å². The number of hydrogen-bond acceptors (Lipinski definition) is 6. The van der Waals surface area contributed by atoms with E-state index in [1.54, 1.807) is 18.2 Å². The van der Waals surface area contributed by atoms with Crippen molar-refractivity contribution in [3.8, 4) is 0 Å². The van der Waals surface area contributed by atoms with Gasteiger partial charge in [-0.05, 0) is 62.7 Å². The number of fused-ring (bicyclic) bond motifs is 1. The first-order valence-electron chi connectivity index (χ1n) is 10.5. The number of nitrogens with one attached hydrogen (secondary N) is 3. The van der Waals surface area contributed by atoms with E-state index in [1.807, 2.05) is 50.2 Å². The zero-order valence-corrected chi connectivity index (χ0v) is 18.3. The molecule has 3 aromatic rings. The van der Waals surface area contributed by atoms with Crippen LogP contribution in [-0.4, -0.2) is 40.9 Å². The summed E-state index contributed by atoms with van der Waals surface area (Å²) in [7, 11) is 0. The Morgan fingerprint density at radius 2 is 1.84 bits per heavy atom. The summed E-state index contributed by atoms with van der Waals surface area (Å²) in [6, 6.07) is 15.0. The summed E-state index contributed by atoms with van der Waals surface area (Å²) in [5, 5.41) is 8.66. The van der Waals surface area contributed by atoms with Gasteiger partial charge < -0.3 is 10.6 Å². The van der Waals surface area contributed by atoms with Gasteiger partial charge in [0.25, 0.3) is 11.8 Å².